The van der Waals surface area contributed by atoms with Crippen LogP contribution in [0.15, 0.2) is 0 Å². The van der Waals surface area contributed by atoms with E-state index >= 15 is 0 Å². The van der Waals surface area contributed by atoms with Crippen LogP contribution in [0.4, 0.5) is 0 Å². The smallest absolute Gasteiger partial charge is 0.325 e. The Hall–Kier alpha value is -2.69. The lowest BCUT2D eigenvalue weighted by atomic mass is 10.1. The Morgan fingerprint density at radius 3 is 2.17 bits per heavy atom. The second-order valence-electron chi connectivity index (χ2n) is 4.67. The molecule has 0 aromatic heterocycles. The van der Waals surface area contributed by atoms with E-state index in [9.17, 15) is 24.0 Å². The number of carbonyl (C=O) groups is 5. The summed E-state index contributed by atoms with van der Waals surface area (Å²) in [5.74, 6) is -3.97. The van der Waals surface area contributed by atoms with Crippen molar-refractivity contribution in [1.29, 1.82) is 0 Å². The fourth-order valence-electron chi connectivity index (χ4n) is 1.43. The van der Waals surface area contributed by atoms with E-state index in [1.807, 2.05) is 0 Å². The SMILES string of the molecule is C[C@H](NC(=O)[C@H](CCC(N)=O)NC(=O)CNC(=O)CN)C(=O)O. The predicted octanol–water partition coefficient (Wildman–Crippen LogP) is -3.60. The Labute approximate surface area is 132 Å². The fraction of sp³-hybridized carbons (Fsp3) is 0.583. The van der Waals surface area contributed by atoms with Crippen molar-refractivity contribution in [2.45, 2.75) is 31.8 Å². The van der Waals surface area contributed by atoms with Gasteiger partial charge < -0.3 is 32.5 Å². The lowest BCUT2D eigenvalue weighted by Gasteiger charge is -2.19. The van der Waals surface area contributed by atoms with Crippen LogP contribution >= 0.6 is 0 Å². The monoisotopic (exact) mass is 331 g/mol. The molecule has 23 heavy (non-hydrogen) atoms. The lowest BCUT2D eigenvalue weighted by molar-refractivity contribution is -0.141. The van der Waals surface area contributed by atoms with Gasteiger partial charge in [-0.1, -0.05) is 0 Å². The van der Waals surface area contributed by atoms with Crippen LogP contribution in [0.5, 0.6) is 0 Å². The van der Waals surface area contributed by atoms with Crippen molar-refractivity contribution >= 4 is 29.6 Å². The maximum atomic E-state index is 12.0. The molecule has 0 aromatic carbocycles. The first-order chi connectivity index (χ1) is 10.7. The summed E-state index contributed by atoms with van der Waals surface area (Å²) >= 11 is 0. The largest absolute Gasteiger partial charge is 0.480 e. The van der Waals surface area contributed by atoms with Gasteiger partial charge in [-0.15, -0.1) is 0 Å². The number of carboxylic acid groups (broad SMARTS) is 1. The Balaban J connectivity index is 4.69. The third-order valence-electron chi connectivity index (χ3n) is 2.69. The Bertz CT molecular complexity index is 481. The molecule has 0 heterocycles. The first-order valence-electron chi connectivity index (χ1n) is 6.75. The van der Waals surface area contributed by atoms with Gasteiger partial charge in [0, 0.05) is 6.42 Å². The van der Waals surface area contributed by atoms with Crippen molar-refractivity contribution in [2.24, 2.45) is 11.5 Å². The Kier molecular flexibility index (Phi) is 8.92. The zero-order valence-corrected chi connectivity index (χ0v) is 12.6. The van der Waals surface area contributed by atoms with E-state index in [2.05, 4.69) is 16.0 Å². The molecule has 0 radical (unpaired) electrons. The standard InChI is InChI=1S/C12H21N5O6/c1-6(12(22)23)16-11(21)7(2-3-8(14)18)17-10(20)5-15-9(19)4-13/h6-7H,2-5,13H2,1H3,(H2,14,18)(H,15,19)(H,16,21)(H,17,20)(H,22,23)/t6-,7-/m0/s1. The summed E-state index contributed by atoms with van der Waals surface area (Å²) in [7, 11) is 0. The molecule has 0 bridgehead atoms. The minimum Gasteiger partial charge on any atom is -0.480 e. The van der Waals surface area contributed by atoms with E-state index in [-0.39, 0.29) is 19.4 Å². The number of aliphatic carboxylic acids is 1. The van der Waals surface area contributed by atoms with Crippen LogP contribution in [-0.2, 0) is 24.0 Å². The summed E-state index contributed by atoms with van der Waals surface area (Å²) in [5.41, 5.74) is 10.0. The first kappa shape index (κ1) is 20.3. The van der Waals surface area contributed by atoms with Gasteiger partial charge in [-0.05, 0) is 13.3 Å². The summed E-state index contributed by atoms with van der Waals surface area (Å²) < 4.78 is 0. The van der Waals surface area contributed by atoms with E-state index in [1.165, 1.54) is 6.92 Å². The average molecular weight is 331 g/mol. The molecule has 0 unspecified atom stereocenters. The average Bonchev–Trinajstić information content (AvgIpc) is 2.48. The molecule has 0 saturated carbocycles. The van der Waals surface area contributed by atoms with E-state index in [4.69, 9.17) is 16.6 Å². The Morgan fingerprint density at radius 2 is 1.70 bits per heavy atom. The molecule has 0 fully saturated rings. The number of carbonyl (C=O) groups excluding carboxylic acids is 4. The number of carboxylic acids is 1. The molecule has 0 aliphatic rings. The van der Waals surface area contributed by atoms with Crippen molar-refractivity contribution in [1.82, 2.24) is 16.0 Å². The molecule has 130 valence electrons. The number of rotatable bonds is 10. The minimum atomic E-state index is -1.26. The van der Waals surface area contributed by atoms with Gasteiger partial charge in [0.15, 0.2) is 0 Å². The number of primary amides is 1. The van der Waals surface area contributed by atoms with Crippen LogP contribution < -0.4 is 27.4 Å². The molecule has 0 rings (SSSR count). The molecule has 0 saturated heterocycles. The molecule has 0 aromatic rings. The maximum absolute atomic E-state index is 12.0. The highest BCUT2D eigenvalue weighted by atomic mass is 16.4. The Morgan fingerprint density at radius 1 is 1.09 bits per heavy atom. The second-order valence-corrected chi connectivity index (χ2v) is 4.67. The second kappa shape index (κ2) is 10.1. The van der Waals surface area contributed by atoms with Crippen molar-refractivity contribution in [3.05, 3.63) is 0 Å². The van der Waals surface area contributed by atoms with E-state index in [0.717, 1.165) is 0 Å². The van der Waals surface area contributed by atoms with Crippen LogP contribution in [0.25, 0.3) is 0 Å². The zero-order chi connectivity index (χ0) is 18.0. The van der Waals surface area contributed by atoms with E-state index < -0.39 is 48.2 Å². The van der Waals surface area contributed by atoms with Gasteiger partial charge in [-0.25, -0.2) is 0 Å². The third-order valence-corrected chi connectivity index (χ3v) is 2.69. The molecule has 0 aliphatic heterocycles. The quantitative estimate of drug-likeness (QED) is 0.238. The molecular formula is C12H21N5O6. The summed E-state index contributed by atoms with van der Waals surface area (Å²) in [5, 5.41) is 15.4. The van der Waals surface area contributed by atoms with Gasteiger partial charge in [0.1, 0.15) is 12.1 Å². The predicted molar refractivity (Wildman–Crippen MR) is 77.7 cm³/mol. The molecule has 11 nitrogen and oxygen atoms in total. The number of amides is 4. The number of hydrogen-bond donors (Lipinski definition) is 6. The molecule has 11 heteroatoms. The summed E-state index contributed by atoms with van der Waals surface area (Å²) in [4.78, 5) is 56.1. The van der Waals surface area contributed by atoms with Crippen molar-refractivity contribution in [3.63, 3.8) is 0 Å². The van der Waals surface area contributed by atoms with Crippen molar-refractivity contribution < 1.29 is 29.1 Å². The zero-order valence-electron chi connectivity index (χ0n) is 12.6. The third kappa shape index (κ3) is 9.03. The highest BCUT2D eigenvalue weighted by Gasteiger charge is 2.24. The summed E-state index contributed by atoms with van der Waals surface area (Å²) in [6.07, 6.45) is -0.293. The molecule has 0 aliphatic carbocycles. The summed E-state index contributed by atoms with van der Waals surface area (Å²) in [6, 6.07) is -2.33. The van der Waals surface area contributed by atoms with Crippen LogP contribution in [0.3, 0.4) is 0 Å². The van der Waals surface area contributed by atoms with Crippen LogP contribution in [0.2, 0.25) is 0 Å². The van der Waals surface area contributed by atoms with Gasteiger partial charge in [0.2, 0.25) is 23.6 Å². The lowest BCUT2D eigenvalue weighted by Crippen LogP contribution is -2.52. The number of nitrogens with one attached hydrogen (secondary N) is 3. The van der Waals surface area contributed by atoms with Crippen LogP contribution in [0, 0.1) is 0 Å². The van der Waals surface area contributed by atoms with E-state index in [0.29, 0.717) is 0 Å². The topological polar surface area (TPSA) is 194 Å². The number of hydrogen-bond acceptors (Lipinski definition) is 6. The van der Waals surface area contributed by atoms with Gasteiger partial charge in [-0.3, -0.25) is 24.0 Å². The van der Waals surface area contributed by atoms with Gasteiger partial charge in [-0.2, -0.15) is 0 Å². The van der Waals surface area contributed by atoms with Gasteiger partial charge >= 0.3 is 5.97 Å². The minimum absolute atomic E-state index is 0.107. The molecular weight excluding hydrogens is 310 g/mol. The number of nitrogens with two attached hydrogens (primary N) is 2. The molecule has 4 amide bonds. The van der Waals surface area contributed by atoms with Gasteiger partial charge in [0.25, 0.3) is 0 Å². The van der Waals surface area contributed by atoms with Crippen molar-refractivity contribution in [2.75, 3.05) is 13.1 Å². The maximum Gasteiger partial charge on any atom is 0.325 e. The molecule has 2 atom stereocenters. The highest BCUT2D eigenvalue weighted by Crippen LogP contribution is 1.99. The highest BCUT2D eigenvalue weighted by molar-refractivity contribution is 5.92. The normalized spacial score (nSPS) is 12.6. The van der Waals surface area contributed by atoms with Crippen LogP contribution in [-0.4, -0.2) is 59.9 Å². The molecule has 8 N–H and O–H groups in total. The van der Waals surface area contributed by atoms with Crippen molar-refractivity contribution in [3.8, 4) is 0 Å². The molecule has 0 spiro atoms. The van der Waals surface area contributed by atoms with Gasteiger partial charge in [0.05, 0.1) is 13.1 Å². The fourth-order valence-corrected chi connectivity index (χ4v) is 1.43. The van der Waals surface area contributed by atoms with Crippen LogP contribution in [0.1, 0.15) is 19.8 Å². The first-order valence-corrected chi connectivity index (χ1v) is 6.75. The summed E-state index contributed by atoms with van der Waals surface area (Å²) in [6.45, 7) is 0.536. The van der Waals surface area contributed by atoms with E-state index in [1.54, 1.807) is 0 Å².